The monoisotopic (exact) mass is 353 g/mol. The topological polar surface area (TPSA) is 101 Å². The Hall–Kier alpha value is -1.86. The van der Waals surface area contributed by atoms with Gasteiger partial charge in [0.05, 0.1) is 24.2 Å². The van der Waals surface area contributed by atoms with Gasteiger partial charge in [-0.3, -0.25) is 4.18 Å². The van der Waals surface area contributed by atoms with Crippen molar-refractivity contribution in [2.24, 2.45) is 5.11 Å². The van der Waals surface area contributed by atoms with Gasteiger partial charge >= 0.3 is 0 Å². The van der Waals surface area contributed by atoms with E-state index in [4.69, 9.17) is 14.5 Å². The number of hydrogen-bond acceptors (Lipinski definition) is 5. The first-order valence-corrected chi connectivity index (χ1v) is 9.07. The highest BCUT2D eigenvalue weighted by molar-refractivity contribution is 7.86. The number of rotatable bonds is 11. The molecule has 0 aliphatic carbocycles. The number of azide groups is 1. The summed E-state index contributed by atoms with van der Waals surface area (Å²) < 4.78 is 34.7. The van der Waals surface area contributed by atoms with Gasteiger partial charge in [-0.15, -0.1) is 0 Å². The minimum Gasteiger partial charge on any atom is -0.377 e. The molecule has 0 radical (unpaired) electrons. The van der Waals surface area contributed by atoms with Crippen LogP contribution in [0.5, 0.6) is 0 Å². The molecule has 0 unspecified atom stereocenters. The van der Waals surface area contributed by atoms with E-state index in [9.17, 15) is 8.42 Å². The van der Waals surface area contributed by atoms with Crippen molar-refractivity contribution in [2.45, 2.75) is 37.6 Å². The molecule has 0 aromatic heterocycles. The van der Waals surface area contributed by atoms with Gasteiger partial charge < -0.3 is 4.74 Å². The number of nitrogens with zero attached hydrogens (tertiary/aromatic N) is 3. The normalized spacial score (nSPS) is 12.4. The quantitative estimate of drug-likeness (QED) is 0.151. The lowest BCUT2D eigenvalue weighted by Gasteiger charge is -2.15. The lowest BCUT2D eigenvalue weighted by molar-refractivity contribution is 0.147. The van der Waals surface area contributed by atoms with Gasteiger partial charge in [0, 0.05) is 11.5 Å². The summed E-state index contributed by atoms with van der Waals surface area (Å²) in [5.74, 6) is 0. The maximum absolute atomic E-state index is 12.2. The summed E-state index contributed by atoms with van der Waals surface area (Å²) in [5.41, 5.74) is 10.1. The summed E-state index contributed by atoms with van der Waals surface area (Å²) in [5, 5.41) is 3.55. The van der Waals surface area contributed by atoms with Crippen molar-refractivity contribution in [3.8, 4) is 0 Å². The third-order valence-corrected chi connectivity index (χ3v) is 4.58. The van der Waals surface area contributed by atoms with Gasteiger partial charge in [-0.25, -0.2) is 0 Å². The Morgan fingerprint density at radius 3 is 2.62 bits per heavy atom. The number of unbranched alkanes of at least 4 members (excludes halogenated alkanes) is 1. The van der Waals surface area contributed by atoms with E-state index in [-0.39, 0.29) is 18.1 Å². The molecule has 7 nitrogen and oxygen atoms in total. The first kappa shape index (κ1) is 20.2. The predicted octanol–water partition coefficient (Wildman–Crippen LogP) is 3.75. The van der Waals surface area contributed by atoms with Gasteiger partial charge in [-0.05, 0) is 36.6 Å². The van der Waals surface area contributed by atoms with Gasteiger partial charge in [-0.2, -0.15) is 8.42 Å². The van der Waals surface area contributed by atoms with Gasteiger partial charge in [0.15, 0.2) is 0 Å². The van der Waals surface area contributed by atoms with Crippen LogP contribution in [0.15, 0.2) is 46.4 Å². The first-order valence-electron chi connectivity index (χ1n) is 7.66. The van der Waals surface area contributed by atoms with E-state index < -0.39 is 16.2 Å². The van der Waals surface area contributed by atoms with Crippen molar-refractivity contribution in [3.63, 3.8) is 0 Å². The van der Waals surface area contributed by atoms with E-state index in [1.807, 2.05) is 13.8 Å². The number of aryl methyl sites for hydroxylation is 1. The molecule has 1 aromatic rings. The fourth-order valence-electron chi connectivity index (χ4n) is 1.77. The Labute approximate surface area is 143 Å². The molecule has 0 aliphatic rings. The summed E-state index contributed by atoms with van der Waals surface area (Å²) in [7, 11) is -3.92. The molecule has 0 aliphatic heterocycles. The van der Waals surface area contributed by atoms with E-state index >= 15 is 0 Å². The van der Waals surface area contributed by atoms with Crippen LogP contribution in [0.4, 0.5) is 0 Å². The summed E-state index contributed by atoms with van der Waals surface area (Å²) in [6.45, 7) is 8.15. The molecule has 0 saturated carbocycles. The molecule has 132 valence electrons. The first-order chi connectivity index (χ1) is 11.4. The molecule has 0 heterocycles. The van der Waals surface area contributed by atoms with Gasteiger partial charge in [0.2, 0.25) is 0 Å². The van der Waals surface area contributed by atoms with Gasteiger partial charge in [0.1, 0.15) is 0 Å². The van der Waals surface area contributed by atoms with Crippen LogP contribution >= 0.6 is 0 Å². The van der Waals surface area contributed by atoms with Crippen LogP contribution in [0, 0.1) is 6.92 Å². The average molecular weight is 353 g/mol. The van der Waals surface area contributed by atoms with Crippen LogP contribution < -0.4 is 0 Å². The molecule has 0 bridgehead atoms. The molecule has 0 amide bonds. The smallest absolute Gasteiger partial charge is 0.296 e. The Morgan fingerprint density at radius 1 is 1.38 bits per heavy atom. The highest BCUT2D eigenvalue weighted by Gasteiger charge is 2.19. The van der Waals surface area contributed by atoms with E-state index in [2.05, 4.69) is 16.6 Å². The Kier molecular flexibility index (Phi) is 8.49. The predicted molar refractivity (Wildman–Crippen MR) is 92.1 cm³/mol. The maximum atomic E-state index is 12.2. The molecule has 0 saturated heterocycles. The maximum Gasteiger partial charge on any atom is 0.296 e. The second-order valence-corrected chi connectivity index (χ2v) is 6.95. The summed E-state index contributed by atoms with van der Waals surface area (Å²) >= 11 is 0. The van der Waals surface area contributed by atoms with Crippen LogP contribution in [0.1, 0.15) is 25.3 Å². The summed E-state index contributed by atoms with van der Waals surface area (Å²) in [6.07, 6.45) is 1.92. The van der Waals surface area contributed by atoms with Crippen molar-refractivity contribution in [1.82, 2.24) is 0 Å². The zero-order valence-corrected chi connectivity index (χ0v) is 14.8. The van der Waals surface area contributed by atoms with Crippen LogP contribution in [0.2, 0.25) is 0 Å². The van der Waals surface area contributed by atoms with Crippen LogP contribution in [0.3, 0.4) is 0 Å². The molecular weight excluding hydrogens is 330 g/mol. The third kappa shape index (κ3) is 6.72. The molecule has 0 fully saturated rings. The van der Waals surface area contributed by atoms with Crippen molar-refractivity contribution < 1.29 is 17.3 Å². The molecule has 1 atom stereocenters. The number of hydrogen-bond donors (Lipinski definition) is 0. The standard InChI is InChI=1S/C16H23N3O4S/c1-4-5-10-22-11-14(3)16(18-19-17)12-23-24(20,21)15-8-6-13(2)7-9-15/h6-9,16H,3-5,10-12H2,1-2H3/t16-/m1/s1. The molecule has 1 aromatic carbocycles. The van der Waals surface area contributed by atoms with Crippen LogP contribution in [0.25, 0.3) is 10.4 Å². The van der Waals surface area contributed by atoms with Crippen LogP contribution in [-0.2, 0) is 19.0 Å². The third-order valence-electron chi connectivity index (χ3n) is 3.28. The summed E-state index contributed by atoms with van der Waals surface area (Å²) in [6, 6.07) is 5.49. The highest BCUT2D eigenvalue weighted by Crippen LogP contribution is 2.16. The van der Waals surface area contributed by atoms with E-state index in [1.165, 1.54) is 12.1 Å². The lowest BCUT2D eigenvalue weighted by Crippen LogP contribution is -2.21. The van der Waals surface area contributed by atoms with E-state index in [1.54, 1.807) is 12.1 Å². The Bertz CT molecular complexity index is 680. The fraction of sp³-hybridized carbons (Fsp3) is 0.500. The van der Waals surface area contributed by atoms with Gasteiger partial charge in [0.25, 0.3) is 10.1 Å². The SMILES string of the molecule is C=C(COCCCC)[C@@H](COS(=O)(=O)c1ccc(C)cc1)N=[N+]=[N-]. The Morgan fingerprint density at radius 2 is 2.04 bits per heavy atom. The molecule has 24 heavy (non-hydrogen) atoms. The highest BCUT2D eigenvalue weighted by atomic mass is 32.2. The van der Waals surface area contributed by atoms with Crippen molar-refractivity contribution in [3.05, 3.63) is 52.4 Å². The zero-order valence-electron chi connectivity index (χ0n) is 14.0. The number of ether oxygens (including phenoxy) is 1. The second kappa shape index (κ2) is 10.1. The number of benzene rings is 1. The van der Waals surface area contributed by atoms with Gasteiger partial charge in [-0.1, -0.05) is 42.7 Å². The molecule has 0 spiro atoms. The minimum absolute atomic E-state index is 0.0533. The largest absolute Gasteiger partial charge is 0.377 e. The Balaban J connectivity index is 2.66. The molecule has 1 rings (SSSR count). The zero-order chi connectivity index (χ0) is 18.0. The summed E-state index contributed by atoms with van der Waals surface area (Å²) in [4.78, 5) is 2.77. The van der Waals surface area contributed by atoms with E-state index in [0.29, 0.717) is 12.2 Å². The average Bonchev–Trinajstić information content (AvgIpc) is 2.55. The minimum atomic E-state index is -3.92. The lowest BCUT2D eigenvalue weighted by atomic mass is 10.1. The van der Waals surface area contributed by atoms with E-state index in [0.717, 1.165) is 18.4 Å². The van der Waals surface area contributed by atoms with Crippen molar-refractivity contribution in [1.29, 1.82) is 0 Å². The molecule has 0 N–H and O–H groups in total. The molecule has 8 heteroatoms. The van der Waals surface area contributed by atoms with Crippen molar-refractivity contribution in [2.75, 3.05) is 19.8 Å². The molecular formula is C16H23N3O4S. The van der Waals surface area contributed by atoms with Crippen molar-refractivity contribution >= 4 is 10.1 Å². The fourth-order valence-corrected chi connectivity index (χ4v) is 2.68. The second-order valence-electron chi connectivity index (χ2n) is 5.34. The van der Waals surface area contributed by atoms with Crippen LogP contribution in [-0.4, -0.2) is 34.3 Å².